The maximum absolute atomic E-state index is 13.2. The Morgan fingerprint density at radius 3 is 2.54 bits per heavy atom. The number of thiocarbonyl (C=S) groups is 1. The highest BCUT2D eigenvalue weighted by molar-refractivity contribution is 7.80. The van der Waals surface area contributed by atoms with Crippen LogP contribution >= 0.6 is 12.2 Å². The Labute approximate surface area is 166 Å². The molecule has 1 aliphatic rings. The molecule has 0 spiro atoms. The highest BCUT2D eigenvalue weighted by atomic mass is 32.1. The van der Waals surface area contributed by atoms with Crippen molar-refractivity contribution in [1.82, 2.24) is 9.88 Å². The number of carbonyl (C=O) groups excluding carboxylic acids is 2. The number of anilines is 1. The van der Waals surface area contributed by atoms with E-state index in [2.05, 4.69) is 9.88 Å². The van der Waals surface area contributed by atoms with Crippen LogP contribution in [0.3, 0.4) is 0 Å². The zero-order valence-corrected chi connectivity index (χ0v) is 15.8. The Hall–Kier alpha value is -3.32. The quantitative estimate of drug-likeness (QED) is 0.420. The van der Waals surface area contributed by atoms with E-state index in [1.165, 1.54) is 29.2 Å². The molecule has 1 N–H and O–H groups in total. The first-order chi connectivity index (χ1) is 13.5. The summed E-state index contributed by atoms with van der Waals surface area (Å²) in [5.41, 5.74) is 2.14. The number of nitrogens with zero attached hydrogens (tertiary/aromatic N) is 2. The van der Waals surface area contributed by atoms with Gasteiger partial charge in [-0.2, -0.15) is 0 Å². The molecule has 2 heterocycles. The van der Waals surface area contributed by atoms with Gasteiger partial charge >= 0.3 is 0 Å². The maximum Gasteiger partial charge on any atom is 0.270 e. The molecule has 0 saturated carbocycles. The lowest BCUT2D eigenvalue weighted by Gasteiger charge is -2.28. The molecule has 3 aromatic rings. The number of rotatable bonds is 3. The van der Waals surface area contributed by atoms with E-state index in [9.17, 15) is 14.0 Å². The third kappa shape index (κ3) is 2.99. The van der Waals surface area contributed by atoms with Gasteiger partial charge in [0.1, 0.15) is 11.4 Å². The average Bonchev–Trinajstić information content (AvgIpc) is 3.04. The van der Waals surface area contributed by atoms with Crippen LogP contribution in [0.4, 0.5) is 10.1 Å². The highest BCUT2D eigenvalue weighted by Gasteiger charge is 2.34. The number of benzene rings is 2. The number of halogens is 1. The summed E-state index contributed by atoms with van der Waals surface area (Å²) in [5, 5.41) is 3.45. The summed E-state index contributed by atoms with van der Waals surface area (Å²) in [6.07, 6.45) is 3.48. The molecule has 28 heavy (non-hydrogen) atoms. The van der Waals surface area contributed by atoms with Crippen molar-refractivity contribution in [2.75, 3.05) is 4.90 Å². The summed E-state index contributed by atoms with van der Waals surface area (Å²) < 4.78 is 15.3. The van der Waals surface area contributed by atoms with E-state index >= 15 is 0 Å². The van der Waals surface area contributed by atoms with Crippen molar-refractivity contribution >= 4 is 51.8 Å². The third-order valence-corrected chi connectivity index (χ3v) is 4.93. The van der Waals surface area contributed by atoms with Crippen LogP contribution in [0.25, 0.3) is 17.0 Å². The van der Waals surface area contributed by atoms with Crippen LogP contribution in [0, 0.1) is 5.82 Å². The predicted molar refractivity (Wildman–Crippen MR) is 110 cm³/mol. The molecule has 1 aromatic heterocycles. The minimum atomic E-state index is -0.554. The highest BCUT2D eigenvalue weighted by Crippen LogP contribution is 2.26. The van der Waals surface area contributed by atoms with Crippen LogP contribution in [0.15, 0.2) is 60.3 Å². The predicted octanol–water partition coefficient (Wildman–Crippen LogP) is 3.63. The van der Waals surface area contributed by atoms with E-state index in [0.717, 1.165) is 23.0 Å². The molecule has 0 bridgehead atoms. The van der Waals surface area contributed by atoms with Gasteiger partial charge in [0.05, 0.1) is 5.69 Å². The number of nitrogens with one attached hydrogen (secondary N) is 1. The fraction of sp³-hybridized carbons (Fsp3) is 0.0952. The second-order valence-electron chi connectivity index (χ2n) is 6.32. The SMILES string of the molecule is CCn1cc(/C=C2\C(=O)NC(=S)N(c3ccc(F)cc3)C2=O)c2ccccc21. The maximum atomic E-state index is 13.2. The lowest BCUT2D eigenvalue weighted by Crippen LogP contribution is -2.54. The molecule has 4 rings (SSSR count). The summed E-state index contributed by atoms with van der Waals surface area (Å²) >= 11 is 5.16. The monoisotopic (exact) mass is 393 g/mol. The topological polar surface area (TPSA) is 54.3 Å². The molecule has 1 fully saturated rings. The lowest BCUT2D eigenvalue weighted by atomic mass is 10.1. The number of aromatic nitrogens is 1. The Kier molecular flexibility index (Phi) is 4.52. The van der Waals surface area contributed by atoms with Gasteiger partial charge in [-0.3, -0.25) is 19.8 Å². The summed E-state index contributed by atoms with van der Waals surface area (Å²) in [6, 6.07) is 13.1. The Morgan fingerprint density at radius 1 is 1.11 bits per heavy atom. The number of aryl methyl sites for hydroxylation is 1. The molecule has 1 saturated heterocycles. The zero-order valence-electron chi connectivity index (χ0n) is 15.0. The van der Waals surface area contributed by atoms with Gasteiger partial charge in [0.15, 0.2) is 5.11 Å². The Bertz CT molecular complexity index is 1150. The first-order valence-corrected chi connectivity index (χ1v) is 9.15. The molecule has 0 aliphatic carbocycles. The van der Waals surface area contributed by atoms with Crippen LogP contribution in [0.1, 0.15) is 12.5 Å². The van der Waals surface area contributed by atoms with Gasteiger partial charge in [-0.1, -0.05) is 18.2 Å². The first-order valence-electron chi connectivity index (χ1n) is 8.74. The molecule has 1 aliphatic heterocycles. The number of para-hydroxylation sites is 1. The Balaban J connectivity index is 1.80. The van der Waals surface area contributed by atoms with Crippen molar-refractivity contribution in [2.45, 2.75) is 13.5 Å². The van der Waals surface area contributed by atoms with Gasteiger partial charge in [-0.15, -0.1) is 0 Å². The van der Waals surface area contributed by atoms with Crippen molar-refractivity contribution in [3.63, 3.8) is 0 Å². The van der Waals surface area contributed by atoms with Crippen molar-refractivity contribution in [3.05, 3.63) is 71.7 Å². The average molecular weight is 393 g/mol. The van der Waals surface area contributed by atoms with Crippen molar-refractivity contribution in [1.29, 1.82) is 0 Å². The van der Waals surface area contributed by atoms with Crippen molar-refractivity contribution in [2.24, 2.45) is 0 Å². The fourth-order valence-corrected chi connectivity index (χ4v) is 3.57. The van der Waals surface area contributed by atoms with E-state index in [1.54, 1.807) is 6.08 Å². The van der Waals surface area contributed by atoms with Gasteiger partial charge in [0, 0.05) is 29.2 Å². The largest absolute Gasteiger partial charge is 0.347 e. The number of hydrogen-bond acceptors (Lipinski definition) is 3. The lowest BCUT2D eigenvalue weighted by molar-refractivity contribution is -0.122. The number of carbonyl (C=O) groups is 2. The summed E-state index contributed by atoms with van der Waals surface area (Å²) in [7, 11) is 0. The first kappa shape index (κ1) is 18.1. The van der Waals surface area contributed by atoms with Crippen LogP contribution < -0.4 is 10.2 Å². The van der Waals surface area contributed by atoms with Crippen LogP contribution in [0.2, 0.25) is 0 Å². The molecule has 2 aromatic carbocycles. The molecule has 0 unspecified atom stereocenters. The third-order valence-electron chi connectivity index (χ3n) is 4.65. The molecular weight excluding hydrogens is 377 g/mol. The zero-order chi connectivity index (χ0) is 19.8. The van der Waals surface area contributed by atoms with Gasteiger partial charge in [0.2, 0.25) is 0 Å². The summed E-state index contributed by atoms with van der Waals surface area (Å²) in [6.45, 7) is 2.78. The molecule has 7 heteroatoms. The van der Waals surface area contributed by atoms with E-state index in [0.29, 0.717) is 5.69 Å². The molecule has 5 nitrogen and oxygen atoms in total. The van der Waals surface area contributed by atoms with Crippen molar-refractivity contribution < 1.29 is 14.0 Å². The molecule has 0 radical (unpaired) electrons. The molecule has 2 amide bonds. The van der Waals surface area contributed by atoms with Crippen LogP contribution in [0.5, 0.6) is 0 Å². The molecular formula is C21H16FN3O2S. The smallest absolute Gasteiger partial charge is 0.270 e. The van der Waals surface area contributed by atoms with Gasteiger partial charge in [-0.25, -0.2) is 4.39 Å². The van der Waals surface area contributed by atoms with Crippen LogP contribution in [-0.2, 0) is 16.1 Å². The van der Waals surface area contributed by atoms with E-state index in [1.807, 2.05) is 37.4 Å². The van der Waals surface area contributed by atoms with Gasteiger partial charge < -0.3 is 4.57 Å². The minimum Gasteiger partial charge on any atom is -0.347 e. The number of hydrogen-bond donors (Lipinski definition) is 1. The van der Waals surface area contributed by atoms with Gasteiger partial charge in [0.25, 0.3) is 11.8 Å². The van der Waals surface area contributed by atoms with Gasteiger partial charge in [-0.05, 0) is 55.5 Å². The van der Waals surface area contributed by atoms with E-state index in [4.69, 9.17) is 12.2 Å². The van der Waals surface area contributed by atoms with Crippen LogP contribution in [-0.4, -0.2) is 21.5 Å². The van der Waals surface area contributed by atoms with Crippen molar-refractivity contribution in [3.8, 4) is 0 Å². The number of amides is 2. The summed E-state index contributed by atoms with van der Waals surface area (Å²) in [4.78, 5) is 26.7. The fourth-order valence-electron chi connectivity index (χ4n) is 3.29. The standard InChI is InChI=1S/C21H16FN3O2S/c1-2-24-12-13(16-5-3-4-6-18(16)24)11-17-19(26)23-21(28)25(20(17)27)15-9-7-14(22)8-10-15/h3-12H,2H2,1H3,(H,23,26,28)/b17-11+. The number of fused-ring (bicyclic) bond motifs is 1. The molecule has 140 valence electrons. The normalized spacial score (nSPS) is 16.1. The Morgan fingerprint density at radius 2 is 1.82 bits per heavy atom. The summed E-state index contributed by atoms with van der Waals surface area (Å²) in [5.74, 6) is -1.53. The molecule has 0 atom stereocenters. The minimum absolute atomic E-state index is 0.0306. The van der Waals surface area contributed by atoms with E-state index in [-0.39, 0.29) is 10.7 Å². The van der Waals surface area contributed by atoms with E-state index < -0.39 is 17.6 Å². The second-order valence-corrected chi connectivity index (χ2v) is 6.71. The second kappa shape index (κ2) is 7.01.